The molecule has 0 amide bonds. The minimum Gasteiger partial charge on any atom is -0.480 e. The summed E-state index contributed by atoms with van der Waals surface area (Å²) in [5.74, 6) is 0.528. The summed E-state index contributed by atoms with van der Waals surface area (Å²) in [5, 5.41) is 28.0. The highest BCUT2D eigenvalue weighted by Gasteiger charge is 2.46. The van der Waals surface area contributed by atoms with Crippen LogP contribution in [0.3, 0.4) is 0 Å². The molecule has 8 fully saturated rings. The third-order valence-electron chi connectivity index (χ3n) is 8.88. The van der Waals surface area contributed by atoms with E-state index in [1.165, 1.54) is 25.8 Å². The first-order valence-electron chi connectivity index (χ1n) is 12.5. The van der Waals surface area contributed by atoms with Crippen LogP contribution >= 0.6 is 0 Å². The van der Waals surface area contributed by atoms with E-state index in [-0.39, 0.29) is 0 Å². The van der Waals surface area contributed by atoms with Gasteiger partial charge in [0, 0.05) is 11.6 Å². The molecular weight excluding hydrogens is 394 g/mol. The Balaban J connectivity index is 0.000000114. The second kappa shape index (κ2) is 8.99. The van der Waals surface area contributed by atoms with Gasteiger partial charge in [-0.15, -0.1) is 0 Å². The van der Waals surface area contributed by atoms with Gasteiger partial charge in [-0.2, -0.15) is 0 Å². The molecule has 0 aromatic heterocycles. The van der Waals surface area contributed by atoms with Crippen LogP contribution in [0.5, 0.6) is 0 Å². The lowest BCUT2D eigenvalue weighted by atomic mass is 9.65. The van der Waals surface area contributed by atoms with Crippen molar-refractivity contribution in [3.8, 4) is 0 Å². The number of carbonyl (C=O) groups is 2. The third kappa shape index (κ3) is 4.93. The maximum absolute atomic E-state index is 11.0. The molecule has 176 valence electrons. The lowest BCUT2D eigenvalue weighted by Crippen LogP contribution is -2.61. The van der Waals surface area contributed by atoms with E-state index in [1.54, 1.807) is 0 Å². The molecule has 6 saturated heterocycles. The molecule has 6 heterocycles. The Morgan fingerprint density at radius 3 is 1.71 bits per heavy atom. The van der Waals surface area contributed by atoms with Gasteiger partial charge in [-0.3, -0.25) is 14.9 Å². The van der Waals surface area contributed by atoms with Crippen LogP contribution in [-0.4, -0.2) is 57.9 Å². The molecule has 0 aromatic rings. The van der Waals surface area contributed by atoms with Crippen molar-refractivity contribution in [1.82, 2.24) is 16.0 Å². The summed E-state index contributed by atoms with van der Waals surface area (Å²) in [7, 11) is 0. The van der Waals surface area contributed by atoms with Crippen molar-refractivity contribution >= 4 is 11.9 Å². The molecule has 6 aliphatic heterocycles. The SMILES string of the molecule is CC12CC(CCN1)C2.O=C(O)C12CCC(CC1)CN2.O=C(O)C12CCCC(CCC1)N2. The Morgan fingerprint density at radius 2 is 1.39 bits per heavy atom. The van der Waals surface area contributed by atoms with E-state index in [0.29, 0.717) is 11.6 Å². The molecule has 31 heavy (non-hydrogen) atoms. The Kier molecular flexibility index (Phi) is 6.67. The van der Waals surface area contributed by atoms with E-state index in [9.17, 15) is 9.59 Å². The van der Waals surface area contributed by atoms with E-state index < -0.39 is 23.0 Å². The van der Waals surface area contributed by atoms with Crippen molar-refractivity contribution in [3.05, 3.63) is 0 Å². The summed E-state index contributed by atoms with van der Waals surface area (Å²) < 4.78 is 0. The van der Waals surface area contributed by atoms with Gasteiger partial charge < -0.3 is 20.8 Å². The van der Waals surface area contributed by atoms with Crippen LogP contribution in [0.1, 0.15) is 90.4 Å². The Bertz CT molecular complexity index is 638. The number of carboxylic acids is 2. The van der Waals surface area contributed by atoms with Crippen molar-refractivity contribution in [3.63, 3.8) is 0 Å². The number of hydrogen-bond acceptors (Lipinski definition) is 5. The van der Waals surface area contributed by atoms with Gasteiger partial charge in [-0.05, 0) is 115 Å². The normalized spacial score (nSPS) is 44.5. The number of hydrogen-bond donors (Lipinski definition) is 5. The molecule has 8 rings (SSSR count). The fourth-order valence-electron chi connectivity index (χ4n) is 6.85. The minimum atomic E-state index is -0.657. The largest absolute Gasteiger partial charge is 0.480 e. The van der Waals surface area contributed by atoms with E-state index in [0.717, 1.165) is 82.6 Å². The summed E-state index contributed by atoms with van der Waals surface area (Å²) in [4.78, 5) is 21.9. The van der Waals surface area contributed by atoms with Crippen molar-refractivity contribution in [2.45, 2.75) is 113 Å². The highest BCUT2D eigenvalue weighted by atomic mass is 16.4. The number of rotatable bonds is 2. The predicted molar refractivity (Wildman–Crippen MR) is 119 cm³/mol. The fourth-order valence-corrected chi connectivity index (χ4v) is 6.85. The number of nitrogens with one attached hydrogen (secondary N) is 3. The summed E-state index contributed by atoms with van der Waals surface area (Å²) in [6.07, 6.45) is 14.3. The van der Waals surface area contributed by atoms with Crippen LogP contribution in [0.2, 0.25) is 0 Å². The molecule has 0 unspecified atom stereocenters. The van der Waals surface area contributed by atoms with Gasteiger partial charge in [0.1, 0.15) is 11.1 Å². The molecule has 8 aliphatic rings. The van der Waals surface area contributed by atoms with Crippen molar-refractivity contribution in [1.29, 1.82) is 0 Å². The quantitative estimate of drug-likeness (QED) is 0.453. The van der Waals surface area contributed by atoms with Crippen molar-refractivity contribution in [2.24, 2.45) is 11.8 Å². The van der Waals surface area contributed by atoms with Gasteiger partial charge in [0.05, 0.1) is 0 Å². The van der Waals surface area contributed by atoms with E-state index in [4.69, 9.17) is 10.2 Å². The van der Waals surface area contributed by atoms with Gasteiger partial charge >= 0.3 is 11.9 Å². The van der Waals surface area contributed by atoms with Gasteiger partial charge in [-0.1, -0.05) is 0 Å². The summed E-state index contributed by atoms with van der Waals surface area (Å²) in [6, 6.07) is 0.476. The molecule has 0 aromatic carbocycles. The smallest absolute Gasteiger partial charge is 0.323 e. The molecule has 2 aliphatic carbocycles. The van der Waals surface area contributed by atoms with Crippen LogP contribution in [-0.2, 0) is 9.59 Å². The van der Waals surface area contributed by atoms with Crippen LogP contribution in [0.4, 0.5) is 0 Å². The van der Waals surface area contributed by atoms with E-state index in [2.05, 4.69) is 22.9 Å². The highest BCUT2D eigenvalue weighted by Crippen LogP contribution is 2.42. The summed E-state index contributed by atoms with van der Waals surface area (Å²) in [5.41, 5.74) is -0.529. The average molecular weight is 436 g/mol. The number of fused-ring (bicyclic) bond motifs is 7. The van der Waals surface area contributed by atoms with Crippen LogP contribution in [0.15, 0.2) is 0 Å². The molecule has 0 spiro atoms. The standard InChI is InChI=1S/C9H15NO2.C8H13NO2.C7H13N/c11-8(12)9-5-1-3-7(10-9)4-2-6-9;10-7(11)8-3-1-6(2-4-8)5-9-8;1-7-4-6(5-7)2-3-8-7/h7,10H,1-6H2,(H,11,12);6,9H,1-5H2,(H,10,11);6,8H,2-5H2,1H3. The maximum Gasteiger partial charge on any atom is 0.323 e. The zero-order valence-corrected chi connectivity index (χ0v) is 19.0. The zero-order chi connectivity index (χ0) is 22.1. The van der Waals surface area contributed by atoms with Crippen LogP contribution in [0.25, 0.3) is 0 Å². The number of aliphatic carboxylic acids is 2. The molecule has 6 bridgehead atoms. The maximum atomic E-state index is 11.0. The van der Waals surface area contributed by atoms with Gasteiger partial charge in [0.15, 0.2) is 0 Å². The first kappa shape index (κ1) is 23.0. The highest BCUT2D eigenvalue weighted by molar-refractivity contribution is 5.79. The molecule has 0 radical (unpaired) electrons. The first-order chi connectivity index (χ1) is 14.7. The van der Waals surface area contributed by atoms with Crippen LogP contribution < -0.4 is 16.0 Å². The monoisotopic (exact) mass is 435 g/mol. The van der Waals surface area contributed by atoms with E-state index >= 15 is 0 Å². The number of piperidine rings is 6. The molecule has 7 nitrogen and oxygen atoms in total. The van der Waals surface area contributed by atoms with Crippen molar-refractivity contribution in [2.75, 3.05) is 13.1 Å². The number of carboxylic acid groups (broad SMARTS) is 2. The Hall–Kier alpha value is -1.18. The fraction of sp³-hybridized carbons (Fsp3) is 0.917. The summed E-state index contributed by atoms with van der Waals surface area (Å²) in [6.45, 7) is 4.51. The molecule has 2 saturated carbocycles. The first-order valence-corrected chi connectivity index (χ1v) is 12.5. The second-order valence-corrected chi connectivity index (χ2v) is 11.3. The van der Waals surface area contributed by atoms with Crippen LogP contribution in [0, 0.1) is 11.8 Å². The minimum absolute atomic E-state index is 0.476. The van der Waals surface area contributed by atoms with Gasteiger partial charge in [0.25, 0.3) is 0 Å². The zero-order valence-electron chi connectivity index (χ0n) is 19.0. The molecule has 0 atom stereocenters. The van der Waals surface area contributed by atoms with E-state index in [1.807, 2.05) is 0 Å². The lowest BCUT2D eigenvalue weighted by Gasteiger charge is -2.51. The van der Waals surface area contributed by atoms with Gasteiger partial charge in [-0.25, -0.2) is 0 Å². The topological polar surface area (TPSA) is 111 Å². The lowest BCUT2D eigenvalue weighted by molar-refractivity contribution is -0.149. The average Bonchev–Trinajstić information content (AvgIpc) is 2.75. The molecule has 7 heteroatoms. The third-order valence-corrected chi connectivity index (χ3v) is 8.88. The predicted octanol–water partition coefficient (Wildman–Crippen LogP) is 2.89. The second-order valence-electron chi connectivity index (χ2n) is 11.3. The summed E-state index contributed by atoms with van der Waals surface area (Å²) >= 11 is 0. The van der Waals surface area contributed by atoms with Crippen molar-refractivity contribution < 1.29 is 19.8 Å². The van der Waals surface area contributed by atoms with Gasteiger partial charge in [0.2, 0.25) is 0 Å². The molecule has 5 N–H and O–H groups in total. The Morgan fingerprint density at radius 1 is 0.774 bits per heavy atom. The molecular formula is C24H41N3O4. The Labute approximate surface area is 186 Å².